The Morgan fingerprint density at radius 3 is 3.12 bits per heavy atom. The van der Waals surface area contributed by atoms with Gasteiger partial charge in [0.15, 0.2) is 0 Å². The van der Waals surface area contributed by atoms with E-state index in [1.807, 2.05) is 0 Å². The zero-order valence-corrected chi connectivity index (χ0v) is 6.64. The van der Waals surface area contributed by atoms with Crippen molar-refractivity contribution in [3.63, 3.8) is 0 Å². The van der Waals surface area contributed by atoms with Gasteiger partial charge in [0, 0.05) is 15.7 Å². The molecule has 1 aliphatic rings. The second-order valence-electron chi connectivity index (χ2n) is 2.03. The van der Waals surface area contributed by atoms with E-state index < -0.39 is 0 Å². The number of ether oxygens (including phenoxy) is 2. The van der Waals surface area contributed by atoms with E-state index in [0.29, 0.717) is 6.10 Å². The molecular weight excluding hydrogens is 120 g/mol. The van der Waals surface area contributed by atoms with Crippen LogP contribution in [0.1, 0.15) is 0 Å². The fourth-order valence-corrected chi connectivity index (χ4v) is 0.979. The first kappa shape index (κ1) is 6.26. The maximum absolute atomic E-state index is 5.24. The summed E-state index contributed by atoms with van der Waals surface area (Å²) in [5.41, 5.74) is 0. The molecule has 0 aromatic rings. The fraction of sp³-hybridized carbons (Fsp3) is 1.00. The van der Waals surface area contributed by atoms with E-state index in [1.54, 1.807) is 0 Å². The molecule has 8 heavy (non-hydrogen) atoms. The van der Waals surface area contributed by atoms with Crippen LogP contribution >= 0.6 is 0 Å². The summed E-state index contributed by atoms with van der Waals surface area (Å²) in [6.45, 7) is 4.00. The standard InChI is InChI=1S/C5H12O2Si/c1-8-4-6-2-5-3-7-5/h5H,2-4,8H2,1H3. The number of hydrogen-bond acceptors (Lipinski definition) is 2. The van der Waals surface area contributed by atoms with Gasteiger partial charge in [-0.2, -0.15) is 0 Å². The van der Waals surface area contributed by atoms with Crippen molar-refractivity contribution in [1.29, 1.82) is 0 Å². The van der Waals surface area contributed by atoms with Crippen molar-refractivity contribution in [3.05, 3.63) is 0 Å². The highest BCUT2D eigenvalue weighted by molar-refractivity contribution is 6.33. The first-order valence-electron chi connectivity index (χ1n) is 3.13. The minimum atomic E-state index is 0.121. The summed E-state index contributed by atoms with van der Waals surface area (Å²) in [6, 6.07) is 0. The van der Waals surface area contributed by atoms with E-state index in [0.717, 1.165) is 19.4 Å². The molecule has 0 radical (unpaired) electrons. The molecule has 3 heteroatoms. The van der Waals surface area contributed by atoms with Gasteiger partial charge in [0.05, 0.1) is 13.2 Å². The van der Waals surface area contributed by atoms with E-state index in [4.69, 9.17) is 9.47 Å². The normalized spacial score (nSPS) is 27.4. The highest BCUT2D eigenvalue weighted by atomic mass is 28.2. The first-order valence-corrected chi connectivity index (χ1v) is 5.54. The van der Waals surface area contributed by atoms with Gasteiger partial charge in [-0.25, -0.2) is 0 Å². The maximum atomic E-state index is 5.24. The molecular formula is C5H12O2Si. The number of hydrogen-bond donors (Lipinski definition) is 0. The molecule has 1 fully saturated rings. The fourth-order valence-electron chi connectivity index (χ4n) is 0.523. The quantitative estimate of drug-likeness (QED) is 0.294. The van der Waals surface area contributed by atoms with Gasteiger partial charge in [-0.05, 0) is 0 Å². The lowest BCUT2D eigenvalue weighted by Gasteiger charge is -1.95. The molecule has 0 spiro atoms. The largest absolute Gasteiger partial charge is 0.383 e. The van der Waals surface area contributed by atoms with Crippen LogP contribution in [0.5, 0.6) is 0 Å². The summed E-state index contributed by atoms with van der Waals surface area (Å²) < 4.78 is 10.2. The summed E-state index contributed by atoms with van der Waals surface area (Å²) >= 11 is 0. The molecule has 0 bridgehead atoms. The van der Waals surface area contributed by atoms with Crippen LogP contribution in [0.2, 0.25) is 6.55 Å². The van der Waals surface area contributed by atoms with E-state index >= 15 is 0 Å². The molecule has 48 valence electrons. The van der Waals surface area contributed by atoms with Crippen LogP contribution in [0, 0.1) is 0 Å². The van der Waals surface area contributed by atoms with Crippen molar-refractivity contribution < 1.29 is 9.47 Å². The van der Waals surface area contributed by atoms with Gasteiger partial charge >= 0.3 is 0 Å². The lowest BCUT2D eigenvalue weighted by molar-refractivity contribution is 0.153. The van der Waals surface area contributed by atoms with Crippen molar-refractivity contribution in [3.8, 4) is 0 Å². The Labute approximate surface area is 52.0 Å². The predicted molar refractivity (Wildman–Crippen MR) is 35.0 cm³/mol. The molecule has 0 amide bonds. The number of rotatable bonds is 4. The van der Waals surface area contributed by atoms with Crippen LogP contribution in [0.25, 0.3) is 0 Å². The van der Waals surface area contributed by atoms with Crippen LogP contribution in [-0.4, -0.2) is 35.1 Å². The van der Waals surface area contributed by atoms with Crippen LogP contribution in [0.4, 0.5) is 0 Å². The van der Waals surface area contributed by atoms with Gasteiger partial charge in [0.25, 0.3) is 0 Å². The van der Waals surface area contributed by atoms with Gasteiger partial charge in [-0.3, -0.25) is 0 Å². The number of epoxide rings is 1. The van der Waals surface area contributed by atoms with Crippen molar-refractivity contribution in [1.82, 2.24) is 0 Å². The van der Waals surface area contributed by atoms with Crippen LogP contribution in [0.3, 0.4) is 0 Å². The Balaban J connectivity index is 1.74. The van der Waals surface area contributed by atoms with Gasteiger partial charge < -0.3 is 9.47 Å². The average molecular weight is 132 g/mol. The van der Waals surface area contributed by atoms with Crippen molar-refractivity contribution in [2.75, 3.05) is 19.4 Å². The van der Waals surface area contributed by atoms with Gasteiger partial charge in [-0.15, -0.1) is 0 Å². The molecule has 1 heterocycles. The van der Waals surface area contributed by atoms with E-state index in [2.05, 4.69) is 6.55 Å². The summed E-state index contributed by atoms with van der Waals surface area (Å²) in [4.78, 5) is 0. The topological polar surface area (TPSA) is 21.8 Å². The summed E-state index contributed by atoms with van der Waals surface area (Å²) in [6.07, 6.45) is 1.47. The van der Waals surface area contributed by atoms with Crippen molar-refractivity contribution >= 4 is 9.52 Å². The summed E-state index contributed by atoms with van der Waals surface area (Å²) in [5, 5.41) is 0. The highest BCUT2D eigenvalue weighted by Gasteiger charge is 2.21. The molecule has 1 saturated heterocycles. The monoisotopic (exact) mass is 132 g/mol. The Kier molecular flexibility index (Phi) is 2.52. The minimum absolute atomic E-state index is 0.121. The molecule has 1 aliphatic heterocycles. The molecule has 0 aromatic heterocycles. The Morgan fingerprint density at radius 1 is 1.88 bits per heavy atom. The van der Waals surface area contributed by atoms with Crippen LogP contribution < -0.4 is 0 Å². The van der Waals surface area contributed by atoms with Crippen molar-refractivity contribution in [2.24, 2.45) is 0 Å². The van der Waals surface area contributed by atoms with Gasteiger partial charge in [0.1, 0.15) is 6.10 Å². The Bertz CT molecular complexity index is 63.4. The Hall–Kier alpha value is 0.137. The van der Waals surface area contributed by atoms with Crippen LogP contribution in [-0.2, 0) is 9.47 Å². The van der Waals surface area contributed by atoms with Gasteiger partial charge in [0.2, 0.25) is 0 Å². The maximum Gasteiger partial charge on any atom is 0.104 e. The SMILES string of the molecule is C[SiH2]COCC1CO1. The molecule has 0 saturated carbocycles. The zero-order chi connectivity index (χ0) is 5.82. The third-order valence-corrected chi connectivity index (χ3v) is 1.75. The molecule has 2 nitrogen and oxygen atoms in total. The first-order chi connectivity index (χ1) is 3.93. The molecule has 0 aromatic carbocycles. The molecule has 0 aliphatic carbocycles. The average Bonchev–Trinajstić information content (AvgIpc) is 2.51. The van der Waals surface area contributed by atoms with Gasteiger partial charge in [-0.1, -0.05) is 6.55 Å². The second-order valence-corrected chi connectivity index (χ2v) is 3.44. The highest BCUT2D eigenvalue weighted by Crippen LogP contribution is 2.07. The lowest BCUT2D eigenvalue weighted by atomic mass is 10.5. The minimum Gasteiger partial charge on any atom is -0.383 e. The van der Waals surface area contributed by atoms with Crippen LogP contribution in [0.15, 0.2) is 0 Å². The summed E-state index contributed by atoms with van der Waals surface area (Å²) in [7, 11) is 0.121. The molecule has 1 atom stereocenters. The van der Waals surface area contributed by atoms with E-state index in [1.165, 1.54) is 0 Å². The Morgan fingerprint density at radius 2 is 2.62 bits per heavy atom. The van der Waals surface area contributed by atoms with E-state index in [-0.39, 0.29) is 9.52 Å². The predicted octanol–water partition coefficient (Wildman–Crippen LogP) is -0.424. The molecule has 1 unspecified atom stereocenters. The lowest BCUT2D eigenvalue weighted by Crippen LogP contribution is -2.05. The smallest absolute Gasteiger partial charge is 0.104 e. The zero-order valence-electron chi connectivity index (χ0n) is 5.22. The third-order valence-electron chi connectivity index (χ3n) is 1.05. The second kappa shape index (κ2) is 3.22. The summed E-state index contributed by atoms with van der Waals surface area (Å²) in [5.74, 6) is 0. The van der Waals surface area contributed by atoms with Crippen molar-refractivity contribution in [2.45, 2.75) is 12.7 Å². The molecule has 1 rings (SSSR count). The third kappa shape index (κ3) is 2.45. The van der Waals surface area contributed by atoms with E-state index in [9.17, 15) is 0 Å². The molecule has 0 N–H and O–H groups in total.